The minimum atomic E-state index is 0.155. The number of benzene rings is 2. The molecule has 0 aliphatic rings. The van der Waals surface area contributed by atoms with E-state index in [1.54, 1.807) is 24.3 Å². The normalized spacial score (nSPS) is 10.7. The average Bonchev–Trinajstić information content (AvgIpc) is 2.88. The molecule has 5 heteroatoms. The zero-order chi connectivity index (χ0) is 14.1. The van der Waals surface area contributed by atoms with E-state index in [0.29, 0.717) is 27.9 Å². The molecular formula is C15H11ClN2O2. The monoisotopic (exact) mass is 286 g/mol. The third-order valence-electron chi connectivity index (χ3n) is 2.89. The molecule has 0 aliphatic heterocycles. The number of phenols is 1. The minimum absolute atomic E-state index is 0.155. The second-order valence-electron chi connectivity index (χ2n) is 4.46. The van der Waals surface area contributed by atoms with Crippen LogP contribution in [0.1, 0.15) is 5.56 Å². The highest BCUT2D eigenvalue weighted by Crippen LogP contribution is 2.29. The number of rotatable bonds is 2. The maximum absolute atomic E-state index is 9.47. The van der Waals surface area contributed by atoms with Crippen LogP contribution >= 0.6 is 11.6 Å². The molecule has 0 amide bonds. The number of aromatic nitrogens is 2. The van der Waals surface area contributed by atoms with E-state index in [-0.39, 0.29) is 5.75 Å². The lowest BCUT2D eigenvalue weighted by molar-refractivity contribution is 0.432. The summed E-state index contributed by atoms with van der Waals surface area (Å²) in [6.07, 6.45) is 0. The first-order valence-electron chi connectivity index (χ1n) is 6.03. The maximum Gasteiger partial charge on any atom is 0.259 e. The van der Waals surface area contributed by atoms with E-state index in [0.717, 1.165) is 5.56 Å². The van der Waals surface area contributed by atoms with Gasteiger partial charge in [-0.3, -0.25) is 0 Å². The van der Waals surface area contributed by atoms with Crippen molar-refractivity contribution in [2.24, 2.45) is 0 Å². The van der Waals surface area contributed by atoms with Crippen LogP contribution < -0.4 is 0 Å². The fourth-order valence-corrected chi connectivity index (χ4v) is 2.20. The fourth-order valence-electron chi connectivity index (χ4n) is 1.89. The van der Waals surface area contributed by atoms with Crippen LogP contribution in [0.4, 0.5) is 0 Å². The number of hydrogen-bond acceptors (Lipinski definition) is 4. The van der Waals surface area contributed by atoms with Crippen LogP contribution in [0.3, 0.4) is 0 Å². The summed E-state index contributed by atoms with van der Waals surface area (Å²) >= 11 is 6.18. The van der Waals surface area contributed by atoms with Gasteiger partial charge in [0.25, 0.3) is 5.89 Å². The topological polar surface area (TPSA) is 59.2 Å². The van der Waals surface area contributed by atoms with Crippen LogP contribution in [-0.4, -0.2) is 15.2 Å². The van der Waals surface area contributed by atoms with Crippen molar-refractivity contribution in [1.82, 2.24) is 10.1 Å². The zero-order valence-electron chi connectivity index (χ0n) is 10.7. The van der Waals surface area contributed by atoms with Gasteiger partial charge in [0.1, 0.15) is 5.75 Å². The zero-order valence-corrected chi connectivity index (χ0v) is 11.4. The number of phenolic OH excluding ortho intramolecular Hbond substituents is 1. The van der Waals surface area contributed by atoms with Gasteiger partial charge in [0, 0.05) is 5.56 Å². The second kappa shape index (κ2) is 4.98. The molecule has 0 saturated heterocycles. The van der Waals surface area contributed by atoms with Gasteiger partial charge >= 0.3 is 0 Å². The van der Waals surface area contributed by atoms with E-state index in [1.807, 2.05) is 25.1 Å². The maximum atomic E-state index is 9.47. The Morgan fingerprint density at radius 3 is 2.75 bits per heavy atom. The smallest absolute Gasteiger partial charge is 0.259 e. The third-order valence-corrected chi connectivity index (χ3v) is 3.20. The van der Waals surface area contributed by atoms with E-state index >= 15 is 0 Å². The molecule has 0 spiro atoms. The first-order valence-corrected chi connectivity index (χ1v) is 6.41. The van der Waals surface area contributed by atoms with Crippen molar-refractivity contribution < 1.29 is 9.63 Å². The Balaban J connectivity index is 2.02. The molecule has 0 bridgehead atoms. The molecule has 0 fully saturated rings. The Hall–Kier alpha value is -2.33. The third kappa shape index (κ3) is 2.38. The largest absolute Gasteiger partial charge is 0.508 e. The Bertz CT molecular complexity index is 768. The summed E-state index contributed by atoms with van der Waals surface area (Å²) in [4.78, 5) is 4.31. The minimum Gasteiger partial charge on any atom is -0.508 e. The van der Waals surface area contributed by atoms with E-state index in [4.69, 9.17) is 16.1 Å². The van der Waals surface area contributed by atoms with Crippen molar-refractivity contribution >= 4 is 11.6 Å². The lowest BCUT2D eigenvalue weighted by Gasteiger charge is -1.99. The molecule has 0 aliphatic carbocycles. The Morgan fingerprint density at radius 2 is 2.00 bits per heavy atom. The molecule has 20 heavy (non-hydrogen) atoms. The summed E-state index contributed by atoms with van der Waals surface area (Å²) < 4.78 is 5.24. The van der Waals surface area contributed by atoms with E-state index in [9.17, 15) is 5.11 Å². The highest BCUT2D eigenvalue weighted by Gasteiger charge is 2.13. The van der Waals surface area contributed by atoms with Crippen LogP contribution in [0.2, 0.25) is 5.02 Å². The summed E-state index contributed by atoms with van der Waals surface area (Å²) in [5.41, 5.74) is 2.44. The summed E-state index contributed by atoms with van der Waals surface area (Å²) in [7, 11) is 0. The lowest BCUT2D eigenvalue weighted by Crippen LogP contribution is -1.83. The molecule has 0 atom stereocenters. The van der Waals surface area contributed by atoms with E-state index in [1.165, 1.54) is 0 Å². The van der Waals surface area contributed by atoms with Gasteiger partial charge in [-0.1, -0.05) is 35.0 Å². The highest BCUT2D eigenvalue weighted by atomic mass is 35.5. The molecule has 0 unspecified atom stereocenters. The molecular weight excluding hydrogens is 276 g/mol. The second-order valence-corrected chi connectivity index (χ2v) is 4.86. The number of hydrogen-bond donors (Lipinski definition) is 1. The number of aryl methyl sites for hydroxylation is 1. The predicted octanol–water partition coefficient (Wildman–Crippen LogP) is 4.07. The number of aromatic hydroxyl groups is 1. The van der Waals surface area contributed by atoms with Crippen molar-refractivity contribution in [3.63, 3.8) is 0 Å². The molecule has 100 valence electrons. The first-order chi connectivity index (χ1) is 9.63. The quantitative estimate of drug-likeness (QED) is 0.771. The number of nitrogens with zero attached hydrogens (tertiary/aromatic N) is 2. The number of halogens is 1. The van der Waals surface area contributed by atoms with Crippen molar-refractivity contribution in [2.75, 3.05) is 0 Å². The van der Waals surface area contributed by atoms with Crippen molar-refractivity contribution in [2.45, 2.75) is 6.92 Å². The van der Waals surface area contributed by atoms with Crippen LogP contribution in [-0.2, 0) is 0 Å². The van der Waals surface area contributed by atoms with Gasteiger partial charge in [0.05, 0.1) is 10.6 Å². The van der Waals surface area contributed by atoms with Gasteiger partial charge in [-0.2, -0.15) is 4.98 Å². The molecule has 3 rings (SSSR count). The molecule has 4 nitrogen and oxygen atoms in total. The summed E-state index contributed by atoms with van der Waals surface area (Å²) in [5, 5.41) is 13.9. The average molecular weight is 287 g/mol. The molecule has 1 heterocycles. The van der Waals surface area contributed by atoms with Crippen LogP contribution in [0.5, 0.6) is 5.75 Å². The van der Waals surface area contributed by atoms with Crippen LogP contribution in [0.15, 0.2) is 47.0 Å². The van der Waals surface area contributed by atoms with Crippen LogP contribution in [0.25, 0.3) is 22.8 Å². The molecule has 0 radical (unpaired) electrons. The highest BCUT2D eigenvalue weighted by molar-refractivity contribution is 6.33. The van der Waals surface area contributed by atoms with Gasteiger partial charge in [-0.15, -0.1) is 0 Å². The summed E-state index contributed by atoms with van der Waals surface area (Å²) in [6.45, 7) is 1.96. The standard InChI is InChI=1S/C15H11ClN2O2/c1-9-5-6-12(13(16)7-9)15-17-14(18-20-15)10-3-2-4-11(19)8-10/h2-8,19H,1H3. The molecule has 0 saturated carbocycles. The molecule has 1 N–H and O–H groups in total. The van der Waals surface area contributed by atoms with Gasteiger partial charge in [-0.25, -0.2) is 0 Å². The first kappa shape index (κ1) is 12.7. The Kier molecular flexibility index (Phi) is 3.16. The van der Waals surface area contributed by atoms with E-state index < -0.39 is 0 Å². The summed E-state index contributed by atoms with van der Waals surface area (Å²) in [6, 6.07) is 12.3. The Labute approximate surface area is 120 Å². The lowest BCUT2D eigenvalue weighted by atomic mass is 10.1. The van der Waals surface area contributed by atoms with Gasteiger partial charge < -0.3 is 9.63 Å². The van der Waals surface area contributed by atoms with E-state index in [2.05, 4.69) is 10.1 Å². The van der Waals surface area contributed by atoms with Gasteiger partial charge in [-0.05, 0) is 36.8 Å². The molecule has 2 aromatic carbocycles. The fraction of sp³-hybridized carbons (Fsp3) is 0.0667. The van der Waals surface area contributed by atoms with Gasteiger partial charge in [0.2, 0.25) is 5.82 Å². The van der Waals surface area contributed by atoms with Crippen molar-refractivity contribution in [3.05, 3.63) is 53.1 Å². The predicted molar refractivity (Wildman–Crippen MR) is 76.6 cm³/mol. The van der Waals surface area contributed by atoms with Gasteiger partial charge in [0.15, 0.2) is 0 Å². The molecule has 3 aromatic rings. The van der Waals surface area contributed by atoms with Crippen LogP contribution in [0, 0.1) is 6.92 Å². The molecule has 1 aromatic heterocycles. The summed E-state index contributed by atoms with van der Waals surface area (Å²) in [5.74, 6) is 0.920. The SMILES string of the molecule is Cc1ccc(-c2nc(-c3cccc(O)c3)no2)c(Cl)c1. The Morgan fingerprint density at radius 1 is 1.15 bits per heavy atom. The van der Waals surface area contributed by atoms with Crippen molar-refractivity contribution in [1.29, 1.82) is 0 Å². The van der Waals surface area contributed by atoms with Crippen molar-refractivity contribution in [3.8, 4) is 28.6 Å².